The molecule has 2 amide bonds. The molecule has 0 fully saturated rings. The summed E-state index contributed by atoms with van der Waals surface area (Å²) in [5, 5.41) is 7.93. The Kier molecular flexibility index (Phi) is 9.09. The molecule has 0 bridgehead atoms. The lowest BCUT2D eigenvalue weighted by Crippen LogP contribution is -2.25. The van der Waals surface area contributed by atoms with Crippen molar-refractivity contribution in [2.24, 2.45) is 0 Å². The van der Waals surface area contributed by atoms with Crippen LogP contribution in [-0.2, 0) is 0 Å². The van der Waals surface area contributed by atoms with Crippen molar-refractivity contribution in [3.63, 3.8) is 0 Å². The number of unbranched alkanes of at least 4 members (excludes halogenated alkanes) is 3. The van der Waals surface area contributed by atoms with E-state index < -0.39 is 0 Å². The first-order chi connectivity index (χ1) is 21.5. The fraction of sp³-hybridized carbons (Fsp3) is 0.222. The van der Waals surface area contributed by atoms with Crippen molar-refractivity contribution in [3.8, 4) is 21.1 Å². The summed E-state index contributed by atoms with van der Waals surface area (Å²) < 4.78 is 0. The molecule has 6 nitrogen and oxygen atoms in total. The number of carbonyl (C=O) groups is 2. The first-order valence-corrected chi connectivity index (χ1v) is 16.6. The topological polar surface area (TPSA) is 84.0 Å². The van der Waals surface area contributed by atoms with Gasteiger partial charge in [-0.05, 0) is 75.2 Å². The van der Waals surface area contributed by atoms with E-state index in [0.717, 1.165) is 68.6 Å². The Morgan fingerprint density at radius 1 is 0.591 bits per heavy atom. The highest BCUT2D eigenvalue weighted by Gasteiger charge is 2.16. The van der Waals surface area contributed by atoms with Gasteiger partial charge in [-0.1, -0.05) is 49.2 Å². The van der Waals surface area contributed by atoms with Crippen LogP contribution in [0.25, 0.3) is 42.9 Å². The second-order valence-electron chi connectivity index (χ2n) is 10.9. The van der Waals surface area contributed by atoms with E-state index in [9.17, 15) is 9.59 Å². The number of nitrogens with zero attached hydrogens (tertiary/aromatic N) is 2. The minimum atomic E-state index is -0.0768. The van der Waals surface area contributed by atoms with Crippen molar-refractivity contribution in [1.29, 1.82) is 0 Å². The monoisotopic (exact) mass is 618 g/mol. The van der Waals surface area contributed by atoms with E-state index >= 15 is 0 Å². The van der Waals surface area contributed by atoms with Crippen LogP contribution >= 0.6 is 22.7 Å². The van der Waals surface area contributed by atoms with E-state index in [0.29, 0.717) is 24.2 Å². The SMILES string of the molecule is Cc1ccc(-c2cc(C(=O)NCCCCCCNC(=O)c3cc(-c4ccc(C)s4)nc4ccccc34)c3ccccc3n2)s1. The fourth-order valence-corrected chi connectivity index (χ4v) is 6.98. The molecule has 0 spiro atoms. The first kappa shape index (κ1) is 29.7. The maximum absolute atomic E-state index is 13.2. The van der Waals surface area contributed by atoms with Crippen molar-refractivity contribution >= 4 is 56.3 Å². The molecule has 8 heteroatoms. The third-order valence-electron chi connectivity index (χ3n) is 7.58. The standard InChI is InChI=1S/C36H34N4O2S2/c1-23-15-17-33(43-23)31-21-27(25-11-5-7-13-29(25)39-31)35(41)37-19-9-3-4-10-20-38-36(42)28-22-32(34-18-16-24(2)44-34)40-30-14-8-6-12-26(28)30/h5-8,11-18,21-22H,3-4,9-10,19-20H2,1-2H3,(H,37,41)(H,38,42). The highest BCUT2D eigenvalue weighted by molar-refractivity contribution is 7.15. The molecule has 0 unspecified atom stereocenters. The number of hydrogen-bond acceptors (Lipinski definition) is 6. The van der Waals surface area contributed by atoms with Crippen LogP contribution in [0, 0.1) is 13.8 Å². The predicted octanol–water partition coefficient (Wildman–Crippen LogP) is 8.58. The summed E-state index contributed by atoms with van der Waals surface area (Å²) in [6.45, 7) is 5.34. The number of amides is 2. The van der Waals surface area contributed by atoms with Gasteiger partial charge in [0, 0.05) is 33.6 Å². The Labute approximate surface area is 265 Å². The van der Waals surface area contributed by atoms with Crippen LogP contribution in [0.5, 0.6) is 0 Å². The number of hydrogen-bond donors (Lipinski definition) is 2. The Bertz CT molecular complexity index is 1820. The zero-order chi connectivity index (χ0) is 30.5. The lowest BCUT2D eigenvalue weighted by Gasteiger charge is -2.11. The van der Waals surface area contributed by atoms with E-state index in [2.05, 4.69) is 48.7 Å². The quantitative estimate of drug-likeness (QED) is 0.143. The smallest absolute Gasteiger partial charge is 0.252 e. The first-order valence-electron chi connectivity index (χ1n) is 15.0. The molecule has 44 heavy (non-hydrogen) atoms. The molecule has 0 radical (unpaired) electrons. The summed E-state index contributed by atoms with van der Waals surface area (Å²) in [5.74, 6) is -0.154. The molecule has 0 saturated heterocycles. The minimum Gasteiger partial charge on any atom is -0.352 e. The molecule has 2 aromatic carbocycles. The third kappa shape index (κ3) is 6.72. The number of nitrogens with one attached hydrogen (secondary N) is 2. The molecule has 2 N–H and O–H groups in total. The van der Waals surface area contributed by atoms with Crippen LogP contribution < -0.4 is 10.6 Å². The number of benzene rings is 2. The van der Waals surface area contributed by atoms with Gasteiger partial charge in [-0.2, -0.15) is 0 Å². The normalized spacial score (nSPS) is 11.2. The molecular formula is C36H34N4O2S2. The molecule has 0 aliphatic rings. The summed E-state index contributed by atoms with van der Waals surface area (Å²) in [7, 11) is 0. The Morgan fingerprint density at radius 3 is 1.43 bits per heavy atom. The average Bonchev–Trinajstić information content (AvgIpc) is 3.69. The summed E-state index contributed by atoms with van der Waals surface area (Å²) in [6, 6.07) is 27.7. The third-order valence-corrected chi connectivity index (χ3v) is 9.63. The van der Waals surface area contributed by atoms with Crippen LogP contribution in [0.2, 0.25) is 0 Å². The van der Waals surface area contributed by atoms with Gasteiger partial charge < -0.3 is 10.6 Å². The Morgan fingerprint density at radius 2 is 1.02 bits per heavy atom. The number of thiophene rings is 2. The van der Waals surface area contributed by atoms with E-state index in [1.54, 1.807) is 22.7 Å². The van der Waals surface area contributed by atoms with Crippen LogP contribution in [-0.4, -0.2) is 34.9 Å². The minimum absolute atomic E-state index is 0.0768. The van der Waals surface area contributed by atoms with Gasteiger partial charge in [-0.3, -0.25) is 9.59 Å². The summed E-state index contributed by atoms with van der Waals surface area (Å²) in [4.78, 5) is 40.6. The van der Waals surface area contributed by atoms with Crippen LogP contribution in [0.3, 0.4) is 0 Å². The summed E-state index contributed by atoms with van der Waals surface area (Å²) >= 11 is 3.36. The molecule has 222 valence electrons. The molecule has 0 atom stereocenters. The van der Waals surface area contributed by atoms with Gasteiger partial charge in [0.25, 0.3) is 11.8 Å². The maximum atomic E-state index is 13.2. The molecule has 6 aromatic rings. The molecule has 0 saturated carbocycles. The van der Waals surface area contributed by atoms with Crippen molar-refractivity contribution in [2.75, 3.05) is 13.1 Å². The number of aromatic nitrogens is 2. The highest BCUT2D eigenvalue weighted by Crippen LogP contribution is 2.31. The second kappa shape index (κ2) is 13.5. The van der Waals surface area contributed by atoms with Gasteiger partial charge in [0.05, 0.1) is 43.3 Å². The van der Waals surface area contributed by atoms with E-state index in [4.69, 9.17) is 9.97 Å². The second-order valence-corrected chi connectivity index (χ2v) is 13.5. The largest absolute Gasteiger partial charge is 0.352 e. The van der Waals surface area contributed by atoms with Crippen molar-refractivity contribution < 1.29 is 9.59 Å². The number of carbonyl (C=O) groups excluding carboxylic acids is 2. The van der Waals surface area contributed by atoms with E-state index in [-0.39, 0.29) is 11.8 Å². The van der Waals surface area contributed by atoms with Gasteiger partial charge >= 0.3 is 0 Å². The van der Waals surface area contributed by atoms with Crippen molar-refractivity contribution in [1.82, 2.24) is 20.6 Å². The van der Waals surface area contributed by atoms with Crippen molar-refractivity contribution in [3.05, 3.63) is 106 Å². The van der Waals surface area contributed by atoms with Crippen LogP contribution in [0.4, 0.5) is 0 Å². The van der Waals surface area contributed by atoms with Gasteiger partial charge in [0.15, 0.2) is 0 Å². The van der Waals surface area contributed by atoms with Crippen molar-refractivity contribution in [2.45, 2.75) is 39.5 Å². The predicted molar refractivity (Wildman–Crippen MR) is 183 cm³/mol. The number of aryl methyl sites for hydroxylation is 2. The fourth-order valence-electron chi connectivity index (χ4n) is 5.32. The number of para-hydroxylation sites is 2. The zero-order valence-electron chi connectivity index (χ0n) is 24.9. The van der Waals surface area contributed by atoms with Gasteiger partial charge in [-0.15, -0.1) is 22.7 Å². The molecular weight excluding hydrogens is 585 g/mol. The number of rotatable bonds is 11. The van der Waals surface area contributed by atoms with Gasteiger partial charge in [0.1, 0.15) is 0 Å². The van der Waals surface area contributed by atoms with Gasteiger partial charge in [0.2, 0.25) is 0 Å². The Balaban J connectivity index is 0.994. The van der Waals surface area contributed by atoms with Gasteiger partial charge in [-0.25, -0.2) is 9.97 Å². The summed E-state index contributed by atoms with van der Waals surface area (Å²) in [6.07, 6.45) is 3.68. The number of fused-ring (bicyclic) bond motifs is 2. The molecule has 0 aliphatic heterocycles. The van der Waals surface area contributed by atoms with Crippen LogP contribution in [0.1, 0.15) is 56.2 Å². The van der Waals surface area contributed by atoms with E-state index in [1.807, 2.05) is 60.7 Å². The number of pyridine rings is 2. The Hall–Kier alpha value is -4.40. The maximum Gasteiger partial charge on any atom is 0.252 e. The van der Waals surface area contributed by atoms with Crippen LogP contribution in [0.15, 0.2) is 84.9 Å². The highest BCUT2D eigenvalue weighted by atomic mass is 32.1. The average molecular weight is 619 g/mol. The molecule has 0 aliphatic carbocycles. The molecule has 4 heterocycles. The molecule has 6 rings (SSSR count). The molecule has 4 aromatic heterocycles. The lowest BCUT2D eigenvalue weighted by atomic mass is 10.1. The lowest BCUT2D eigenvalue weighted by molar-refractivity contribution is 0.0945. The summed E-state index contributed by atoms with van der Waals surface area (Å²) in [5.41, 5.74) is 4.60. The zero-order valence-corrected chi connectivity index (χ0v) is 26.5. The van der Waals surface area contributed by atoms with E-state index in [1.165, 1.54) is 9.75 Å².